The SMILES string of the molecule is CCCCCCCCCCCCCCC/C=[C](/[C@H](O)[C@H](C)O)[Sn]([CH2]CCC)([CH2]CCC)[CH2]CCC. The van der Waals surface area contributed by atoms with Crippen LogP contribution in [0.5, 0.6) is 0 Å². The van der Waals surface area contributed by atoms with Crippen LogP contribution in [-0.4, -0.2) is 40.8 Å². The molecule has 0 aliphatic rings. The van der Waals surface area contributed by atoms with Crippen LogP contribution >= 0.6 is 0 Å². The van der Waals surface area contributed by atoms with Gasteiger partial charge in [-0.25, -0.2) is 0 Å². The van der Waals surface area contributed by atoms with Crippen molar-refractivity contribution in [2.24, 2.45) is 0 Å². The van der Waals surface area contributed by atoms with E-state index < -0.39 is 30.6 Å². The van der Waals surface area contributed by atoms with E-state index in [0.717, 1.165) is 6.42 Å². The van der Waals surface area contributed by atoms with Gasteiger partial charge in [0.05, 0.1) is 0 Å². The molecule has 0 unspecified atom stereocenters. The molecular weight excluding hydrogens is 535 g/mol. The first kappa shape index (κ1) is 35.5. The Kier molecular flexibility index (Phi) is 25.1. The number of rotatable bonds is 26. The molecule has 0 aliphatic carbocycles. The van der Waals surface area contributed by atoms with E-state index in [4.69, 9.17) is 0 Å². The zero-order valence-corrected chi connectivity index (χ0v) is 27.7. The van der Waals surface area contributed by atoms with Crippen LogP contribution in [0.3, 0.4) is 0 Å². The van der Waals surface area contributed by atoms with Gasteiger partial charge in [-0.2, -0.15) is 0 Å². The first-order chi connectivity index (χ1) is 17.0. The van der Waals surface area contributed by atoms with Crippen LogP contribution in [0.25, 0.3) is 0 Å². The van der Waals surface area contributed by atoms with Crippen LogP contribution in [0.15, 0.2) is 9.67 Å². The van der Waals surface area contributed by atoms with Crippen molar-refractivity contribution >= 4 is 18.4 Å². The fraction of sp³-hybridized carbons (Fsp3) is 0.938. The van der Waals surface area contributed by atoms with Crippen molar-refractivity contribution in [2.45, 2.75) is 189 Å². The number of hydrogen-bond acceptors (Lipinski definition) is 2. The van der Waals surface area contributed by atoms with Crippen LogP contribution in [0, 0.1) is 0 Å². The zero-order valence-electron chi connectivity index (χ0n) is 24.9. The number of aliphatic hydroxyl groups is 2. The molecule has 0 fully saturated rings. The molecule has 0 bridgehead atoms. The topological polar surface area (TPSA) is 40.5 Å². The summed E-state index contributed by atoms with van der Waals surface area (Å²) in [5.74, 6) is 0. The molecule has 0 rings (SSSR count). The molecule has 0 aliphatic heterocycles. The van der Waals surface area contributed by atoms with Gasteiger partial charge in [0.25, 0.3) is 0 Å². The quantitative estimate of drug-likeness (QED) is 0.0765. The molecule has 0 spiro atoms. The monoisotopic (exact) mass is 602 g/mol. The second-order valence-corrected chi connectivity index (χ2v) is 24.7. The molecule has 0 heterocycles. The van der Waals surface area contributed by atoms with Gasteiger partial charge in [0.15, 0.2) is 0 Å². The summed E-state index contributed by atoms with van der Waals surface area (Å²) in [6.07, 6.45) is 27.9. The maximum absolute atomic E-state index is 11.2. The molecule has 0 radical (unpaired) electrons. The number of allylic oxidation sites excluding steroid dienone is 1. The van der Waals surface area contributed by atoms with Crippen molar-refractivity contribution in [1.82, 2.24) is 0 Å². The van der Waals surface area contributed by atoms with E-state index in [-0.39, 0.29) is 0 Å². The summed E-state index contributed by atoms with van der Waals surface area (Å²) >= 11 is -2.71. The normalized spacial score (nSPS) is 14.4. The van der Waals surface area contributed by atoms with Crippen molar-refractivity contribution in [2.75, 3.05) is 0 Å². The van der Waals surface area contributed by atoms with Crippen LogP contribution in [0.2, 0.25) is 13.3 Å². The summed E-state index contributed by atoms with van der Waals surface area (Å²) in [7, 11) is 0. The van der Waals surface area contributed by atoms with Gasteiger partial charge in [-0.05, 0) is 0 Å². The predicted octanol–water partition coefficient (Wildman–Crippen LogP) is 10.5. The van der Waals surface area contributed by atoms with E-state index in [2.05, 4.69) is 33.8 Å². The Bertz CT molecular complexity index is 452. The molecular formula is C32H66O2Sn. The Hall–Kier alpha value is 0.459. The summed E-state index contributed by atoms with van der Waals surface area (Å²) in [6.45, 7) is 11.0. The Morgan fingerprint density at radius 3 is 1.23 bits per heavy atom. The molecule has 0 aromatic rings. The minimum atomic E-state index is -2.71. The summed E-state index contributed by atoms with van der Waals surface area (Å²) in [4.78, 5) is 0. The van der Waals surface area contributed by atoms with Crippen LogP contribution in [0.4, 0.5) is 0 Å². The first-order valence-electron chi connectivity index (χ1n) is 16.1. The van der Waals surface area contributed by atoms with E-state index in [1.54, 1.807) is 6.92 Å². The molecule has 0 aromatic carbocycles. The van der Waals surface area contributed by atoms with Gasteiger partial charge in [0.2, 0.25) is 0 Å². The second-order valence-electron chi connectivity index (χ2n) is 11.5. The van der Waals surface area contributed by atoms with Gasteiger partial charge in [-0.3, -0.25) is 0 Å². The van der Waals surface area contributed by atoms with E-state index >= 15 is 0 Å². The molecule has 2 nitrogen and oxygen atoms in total. The maximum atomic E-state index is 11.2. The predicted molar refractivity (Wildman–Crippen MR) is 161 cm³/mol. The van der Waals surface area contributed by atoms with Crippen molar-refractivity contribution in [3.8, 4) is 0 Å². The third kappa shape index (κ3) is 17.6. The van der Waals surface area contributed by atoms with Crippen LogP contribution in [0.1, 0.15) is 163 Å². The Labute approximate surface area is 226 Å². The van der Waals surface area contributed by atoms with Crippen molar-refractivity contribution < 1.29 is 10.2 Å². The molecule has 0 saturated heterocycles. The molecule has 3 heteroatoms. The molecule has 0 aromatic heterocycles. The molecule has 0 amide bonds. The standard InChI is InChI=1S/C20H39O2.3C4H9.Sn/c1-3-4-5-6-7-8-9-10-11-12-13-14-15-16-17-18-20(22)19(2)21;3*1-3-4-2;/h17,19-22H,3-16H2,1-2H3;3*1,3-4H2,2H3;/t19-,20-;;;;/m0..../s1. The van der Waals surface area contributed by atoms with Gasteiger partial charge >= 0.3 is 194 Å². The Balaban J connectivity index is 4.71. The van der Waals surface area contributed by atoms with Gasteiger partial charge in [-0.1, -0.05) is 32.6 Å². The van der Waals surface area contributed by atoms with Crippen molar-refractivity contribution in [3.05, 3.63) is 9.67 Å². The third-order valence-corrected chi connectivity index (χ3v) is 24.2. The minimum absolute atomic E-state index is 0.627. The van der Waals surface area contributed by atoms with Crippen molar-refractivity contribution in [1.29, 1.82) is 0 Å². The molecule has 2 atom stereocenters. The number of hydrogen-bond donors (Lipinski definition) is 2. The molecule has 0 saturated carbocycles. The van der Waals surface area contributed by atoms with E-state index in [9.17, 15) is 10.2 Å². The number of aliphatic hydroxyl groups excluding tert-OH is 2. The second kappa shape index (κ2) is 24.8. The van der Waals surface area contributed by atoms with Crippen LogP contribution < -0.4 is 0 Å². The van der Waals surface area contributed by atoms with Crippen molar-refractivity contribution in [3.63, 3.8) is 0 Å². The average Bonchev–Trinajstić information content (AvgIpc) is 2.86. The molecule has 210 valence electrons. The van der Waals surface area contributed by atoms with Gasteiger partial charge in [-0.15, -0.1) is 0 Å². The summed E-state index contributed by atoms with van der Waals surface area (Å²) in [5.41, 5.74) is 0. The van der Waals surface area contributed by atoms with Crippen LogP contribution in [-0.2, 0) is 0 Å². The van der Waals surface area contributed by atoms with Gasteiger partial charge < -0.3 is 0 Å². The fourth-order valence-electron chi connectivity index (χ4n) is 5.68. The summed E-state index contributed by atoms with van der Waals surface area (Å²) in [6, 6.07) is 0. The zero-order chi connectivity index (χ0) is 26.2. The van der Waals surface area contributed by atoms with E-state index in [1.807, 2.05) is 0 Å². The third-order valence-electron chi connectivity index (χ3n) is 8.09. The molecule has 35 heavy (non-hydrogen) atoms. The fourth-order valence-corrected chi connectivity index (χ4v) is 23.2. The Morgan fingerprint density at radius 2 is 0.886 bits per heavy atom. The first-order valence-corrected chi connectivity index (χ1v) is 23.5. The summed E-state index contributed by atoms with van der Waals surface area (Å²) < 4.78 is 5.46. The summed E-state index contributed by atoms with van der Waals surface area (Å²) in [5, 5.41) is 21.5. The number of unbranched alkanes of at least 4 members (excludes halogenated alkanes) is 16. The molecule has 2 N–H and O–H groups in total. The average molecular weight is 602 g/mol. The van der Waals surface area contributed by atoms with Gasteiger partial charge in [0.1, 0.15) is 0 Å². The van der Waals surface area contributed by atoms with E-state index in [0.29, 0.717) is 0 Å². The van der Waals surface area contributed by atoms with Gasteiger partial charge in [0, 0.05) is 0 Å². The Morgan fingerprint density at radius 1 is 0.543 bits per heavy atom. The van der Waals surface area contributed by atoms with E-state index in [1.165, 1.54) is 139 Å².